The summed E-state index contributed by atoms with van der Waals surface area (Å²) in [5, 5.41) is 12.6. The van der Waals surface area contributed by atoms with Crippen LogP contribution in [0.5, 0.6) is 0 Å². The monoisotopic (exact) mass is 370 g/mol. The fraction of sp³-hybridized carbons (Fsp3) is 0.650. The highest BCUT2D eigenvalue weighted by molar-refractivity contribution is 5.76. The molecule has 1 amide bonds. The summed E-state index contributed by atoms with van der Waals surface area (Å²) in [6, 6.07) is 2.44. The summed E-state index contributed by atoms with van der Waals surface area (Å²) in [5.74, 6) is 0.618. The van der Waals surface area contributed by atoms with Crippen LogP contribution in [0.2, 0.25) is 0 Å². The first-order valence-corrected chi connectivity index (χ1v) is 10.1. The van der Waals surface area contributed by atoms with E-state index in [2.05, 4.69) is 23.4 Å². The van der Waals surface area contributed by atoms with Gasteiger partial charge >= 0.3 is 0 Å². The summed E-state index contributed by atoms with van der Waals surface area (Å²) >= 11 is 0. The van der Waals surface area contributed by atoms with Gasteiger partial charge in [-0.15, -0.1) is 0 Å². The number of carbonyl (C=O) groups is 1. The van der Waals surface area contributed by atoms with Gasteiger partial charge in [-0.25, -0.2) is 0 Å². The lowest BCUT2D eigenvalue weighted by Gasteiger charge is -2.23. The van der Waals surface area contributed by atoms with Crippen molar-refractivity contribution in [2.45, 2.75) is 64.6 Å². The Morgan fingerprint density at radius 1 is 1.30 bits per heavy atom. The number of piperidine rings is 1. The number of nitrogens with one attached hydrogen (secondary N) is 1. The zero-order chi connectivity index (χ0) is 19.0. The summed E-state index contributed by atoms with van der Waals surface area (Å²) < 4.78 is 3.71. The summed E-state index contributed by atoms with van der Waals surface area (Å²) in [4.78, 5) is 15.1. The zero-order valence-corrected chi connectivity index (χ0v) is 16.6. The van der Waals surface area contributed by atoms with E-state index in [0.29, 0.717) is 25.0 Å². The zero-order valence-electron chi connectivity index (χ0n) is 16.6. The first-order valence-electron chi connectivity index (χ1n) is 10.1. The minimum Gasteiger partial charge on any atom is -0.334 e. The van der Waals surface area contributed by atoms with Gasteiger partial charge in [0.25, 0.3) is 0 Å². The lowest BCUT2D eigenvalue weighted by atomic mass is 9.97. The van der Waals surface area contributed by atoms with Gasteiger partial charge in [0, 0.05) is 49.6 Å². The van der Waals surface area contributed by atoms with Gasteiger partial charge in [-0.3, -0.25) is 14.2 Å². The van der Waals surface area contributed by atoms with Crippen molar-refractivity contribution >= 4 is 5.91 Å². The lowest BCUT2D eigenvalue weighted by Crippen LogP contribution is -2.35. The molecular formula is C20H30N6O. The van der Waals surface area contributed by atoms with Gasteiger partial charge in [0.2, 0.25) is 5.91 Å². The van der Waals surface area contributed by atoms with Crippen LogP contribution >= 0.6 is 0 Å². The first-order chi connectivity index (χ1) is 13.0. The molecule has 7 heteroatoms. The van der Waals surface area contributed by atoms with Gasteiger partial charge < -0.3 is 10.2 Å². The maximum Gasteiger partial charge on any atom is 0.244 e. The highest BCUT2D eigenvalue weighted by atomic mass is 16.2. The summed E-state index contributed by atoms with van der Waals surface area (Å²) in [6.45, 7) is 7.14. The Hall–Kier alpha value is -2.15. The van der Waals surface area contributed by atoms with Crippen molar-refractivity contribution in [3.05, 3.63) is 34.9 Å². The molecule has 1 N–H and O–H groups in total. The van der Waals surface area contributed by atoms with Crippen LogP contribution in [0.3, 0.4) is 0 Å². The Bertz CT molecular complexity index is 813. The fourth-order valence-electron chi connectivity index (χ4n) is 4.04. The van der Waals surface area contributed by atoms with Crippen molar-refractivity contribution in [1.82, 2.24) is 29.8 Å². The molecule has 2 fully saturated rings. The molecule has 0 unspecified atom stereocenters. The predicted molar refractivity (Wildman–Crippen MR) is 103 cm³/mol. The third-order valence-electron chi connectivity index (χ3n) is 5.97. The SMILES string of the molecule is Cc1nn(C)c(C)c1CN(C(=O)Cn1ccc([C@@H]2CCCNC2)n1)C1CC1. The topological polar surface area (TPSA) is 68.0 Å². The Morgan fingerprint density at radius 3 is 2.74 bits per heavy atom. The van der Waals surface area contributed by atoms with Crippen LogP contribution in [-0.4, -0.2) is 49.5 Å². The highest BCUT2D eigenvalue weighted by Crippen LogP contribution is 2.30. The molecule has 7 nitrogen and oxygen atoms in total. The second-order valence-electron chi connectivity index (χ2n) is 8.01. The molecule has 146 valence electrons. The van der Waals surface area contributed by atoms with Gasteiger partial charge in [-0.05, 0) is 52.1 Å². The molecule has 1 saturated carbocycles. The lowest BCUT2D eigenvalue weighted by molar-refractivity contribution is -0.133. The van der Waals surface area contributed by atoms with Gasteiger partial charge in [0.1, 0.15) is 6.54 Å². The molecule has 1 saturated heterocycles. The van der Waals surface area contributed by atoms with Gasteiger partial charge in [0.05, 0.1) is 11.4 Å². The van der Waals surface area contributed by atoms with Crippen molar-refractivity contribution < 1.29 is 4.79 Å². The Morgan fingerprint density at radius 2 is 2.11 bits per heavy atom. The largest absolute Gasteiger partial charge is 0.334 e. The molecule has 2 aromatic heterocycles. The minimum absolute atomic E-state index is 0.150. The molecule has 3 heterocycles. The maximum atomic E-state index is 13.0. The van der Waals surface area contributed by atoms with Crippen LogP contribution < -0.4 is 5.32 Å². The normalized spacial score (nSPS) is 20.0. The highest BCUT2D eigenvalue weighted by Gasteiger charge is 2.33. The molecule has 2 aromatic rings. The number of aryl methyl sites for hydroxylation is 2. The van der Waals surface area contributed by atoms with E-state index >= 15 is 0 Å². The summed E-state index contributed by atoms with van der Waals surface area (Å²) in [5.41, 5.74) is 4.43. The Kier molecular flexibility index (Phi) is 5.04. The summed E-state index contributed by atoms with van der Waals surface area (Å²) in [7, 11) is 1.96. The van der Waals surface area contributed by atoms with E-state index < -0.39 is 0 Å². The molecule has 1 aliphatic carbocycles. The molecule has 0 aromatic carbocycles. The quantitative estimate of drug-likeness (QED) is 0.843. The number of nitrogens with zero attached hydrogens (tertiary/aromatic N) is 5. The molecule has 27 heavy (non-hydrogen) atoms. The smallest absolute Gasteiger partial charge is 0.244 e. The molecule has 0 spiro atoms. The number of rotatable bonds is 6. The van der Waals surface area contributed by atoms with E-state index in [1.165, 1.54) is 18.4 Å². The average Bonchev–Trinajstić information content (AvgIpc) is 3.34. The Labute approximate surface area is 160 Å². The molecule has 0 radical (unpaired) electrons. The fourth-order valence-corrected chi connectivity index (χ4v) is 4.04. The number of amides is 1. The molecule has 1 aliphatic heterocycles. The molecule has 0 bridgehead atoms. The standard InChI is InChI=1S/C20H30N6O/c1-14-18(15(2)24(3)22-14)12-26(17-6-7-17)20(27)13-25-10-8-19(23-25)16-5-4-9-21-11-16/h8,10,16-17,21H,4-7,9,11-13H2,1-3H3/t16-/m1/s1. The molecule has 4 rings (SSSR count). The van der Waals surface area contributed by atoms with Crippen LogP contribution in [0, 0.1) is 13.8 Å². The average molecular weight is 371 g/mol. The van der Waals surface area contributed by atoms with Crippen molar-refractivity contribution in [2.24, 2.45) is 7.05 Å². The van der Waals surface area contributed by atoms with Crippen molar-refractivity contribution in [2.75, 3.05) is 13.1 Å². The van der Waals surface area contributed by atoms with Crippen LogP contribution in [-0.2, 0) is 24.9 Å². The first kappa shape index (κ1) is 18.2. The van der Waals surface area contributed by atoms with E-state index in [0.717, 1.165) is 43.0 Å². The van der Waals surface area contributed by atoms with E-state index in [1.807, 2.05) is 34.4 Å². The predicted octanol–water partition coefficient (Wildman–Crippen LogP) is 1.89. The molecular weight excluding hydrogens is 340 g/mol. The summed E-state index contributed by atoms with van der Waals surface area (Å²) in [6.07, 6.45) is 6.51. The minimum atomic E-state index is 0.150. The number of carbonyl (C=O) groups excluding carboxylic acids is 1. The van der Waals surface area contributed by atoms with Crippen LogP contribution in [0.15, 0.2) is 12.3 Å². The second kappa shape index (κ2) is 7.46. The number of hydrogen-bond donors (Lipinski definition) is 1. The van der Waals surface area contributed by atoms with Gasteiger partial charge in [-0.1, -0.05) is 0 Å². The van der Waals surface area contributed by atoms with Crippen molar-refractivity contribution in [3.8, 4) is 0 Å². The third-order valence-corrected chi connectivity index (χ3v) is 5.97. The van der Waals surface area contributed by atoms with Gasteiger partial charge in [0.15, 0.2) is 0 Å². The number of aromatic nitrogens is 4. The van der Waals surface area contributed by atoms with E-state index in [1.54, 1.807) is 0 Å². The van der Waals surface area contributed by atoms with Gasteiger partial charge in [-0.2, -0.15) is 10.2 Å². The maximum absolute atomic E-state index is 13.0. The molecule has 2 aliphatic rings. The van der Waals surface area contributed by atoms with E-state index in [9.17, 15) is 4.79 Å². The van der Waals surface area contributed by atoms with E-state index in [4.69, 9.17) is 5.10 Å². The third kappa shape index (κ3) is 3.93. The van der Waals surface area contributed by atoms with Crippen LogP contribution in [0.1, 0.15) is 54.2 Å². The van der Waals surface area contributed by atoms with Crippen molar-refractivity contribution in [3.63, 3.8) is 0 Å². The number of hydrogen-bond acceptors (Lipinski definition) is 4. The second-order valence-corrected chi connectivity index (χ2v) is 8.01. The van der Waals surface area contributed by atoms with Crippen LogP contribution in [0.4, 0.5) is 0 Å². The Balaban J connectivity index is 1.44. The van der Waals surface area contributed by atoms with Crippen LogP contribution in [0.25, 0.3) is 0 Å². The van der Waals surface area contributed by atoms with Crippen molar-refractivity contribution in [1.29, 1.82) is 0 Å². The van der Waals surface area contributed by atoms with E-state index in [-0.39, 0.29) is 5.91 Å². The molecule has 1 atom stereocenters.